The molecule has 0 spiro atoms. The van der Waals surface area contributed by atoms with Crippen molar-refractivity contribution in [2.45, 2.75) is 75.9 Å². The Bertz CT molecular complexity index is 1760. The van der Waals surface area contributed by atoms with Gasteiger partial charge in [0.05, 0.1) is 10.6 Å². The van der Waals surface area contributed by atoms with Crippen molar-refractivity contribution >= 4 is 39.1 Å². The van der Waals surface area contributed by atoms with Crippen molar-refractivity contribution in [2.75, 3.05) is 10.8 Å². The summed E-state index contributed by atoms with van der Waals surface area (Å²) in [6.07, 6.45) is 5.41. The third-order valence-corrected chi connectivity index (χ3v) is 10.6. The van der Waals surface area contributed by atoms with Gasteiger partial charge in [0.15, 0.2) is 0 Å². The lowest BCUT2D eigenvalue weighted by atomic mass is 9.95. The smallest absolute Gasteiger partial charge is 0.264 e. The standard InChI is InChI=1S/C38H42ClN3O5S/c1-3-36(38(44)40-31-10-6-4-7-11-31)41(26-29-16-18-30(39)19-17-29)37(43)27-42(48(45,46)35-24-14-28(2)15-25-35)32-20-22-34(23-21-32)47-33-12-8-5-9-13-33/h5,8-9,12-25,31,36H,3-4,6-7,10-11,26-27H2,1-2H3,(H,40,44)/t36-/m1/s1. The van der Waals surface area contributed by atoms with Crippen LogP contribution >= 0.6 is 11.6 Å². The predicted octanol–water partition coefficient (Wildman–Crippen LogP) is 7.89. The fourth-order valence-electron chi connectivity index (χ4n) is 5.92. The number of carbonyl (C=O) groups is 2. The number of amides is 2. The summed E-state index contributed by atoms with van der Waals surface area (Å²) in [6.45, 7) is 3.32. The maximum absolute atomic E-state index is 14.4. The summed E-state index contributed by atoms with van der Waals surface area (Å²) in [7, 11) is -4.20. The average molecular weight is 688 g/mol. The molecule has 1 saturated carbocycles. The molecule has 1 N–H and O–H groups in total. The predicted molar refractivity (Wildman–Crippen MR) is 190 cm³/mol. The number of nitrogens with one attached hydrogen (secondary N) is 1. The second-order valence-corrected chi connectivity index (χ2v) is 14.4. The molecule has 0 aromatic heterocycles. The monoisotopic (exact) mass is 687 g/mol. The van der Waals surface area contributed by atoms with Gasteiger partial charge in [-0.3, -0.25) is 13.9 Å². The third-order valence-electron chi connectivity index (χ3n) is 8.60. The van der Waals surface area contributed by atoms with Crippen LogP contribution in [-0.4, -0.2) is 43.8 Å². The Morgan fingerprint density at radius 1 is 0.854 bits per heavy atom. The van der Waals surface area contributed by atoms with Crippen molar-refractivity contribution < 1.29 is 22.7 Å². The highest BCUT2D eigenvalue weighted by molar-refractivity contribution is 7.92. The Morgan fingerprint density at radius 3 is 2.10 bits per heavy atom. The molecule has 0 bridgehead atoms. The number of carbonyl (C=O) groups excluding carboxylic acids is 2. The number of ether oxygens (including phenoxy) is 1. The van der Waals surface area contributed by atoms with E-state index in [9.17, 15) is 18.0 Å². The maximum Gasteiger partial charge on any atom is 0.264 e. The molecule has 0 radical (unpaired) electrons. The van der Waals surface area contributed by atoms with Crippen molar-refractivity contribution in [1.29, 1.82) is 0 Å². The van der Waals surface area contributed by atoms with Gasteiger partial charge in [0.2, 0.25) is 11.8 Å². The highest BCUT2D eigenvalue weighted by Crippen LogP contribution is 2.29. The molecule has 5 rings (SSSR count). The van der Waals surface area contributed by atoms with Crippen LogP contribution in [0.3, 0.4) is 0 Å². The highest BCUT2D eigenvalue weighted by atomic mass is 35.5. The number of aryl methyl sites for hydroxylation is 1. The lowest BCUT2D eigenvalue weighted by Crippen LogP contribution is -2.54. The number of para-hydroxylation sites is 1. The van der Waals surface area contributed by atoms with Crippen LogP contribution in [0.1, 0.15) is 56.6 Å². The third kappa shape index (κ3) is 8.96. The van der Waals surface area contributed by atoms with Crippen molar-refractivity contribution in [3.8, 4) is 11.5 Å². The summed E-state index contributed by atoms with van der Waals surface area (Å²) in [5.74, 6) is 0.413. The van der Waals surface area contributed by atoms with Crippen LogP contribution in [0.25, 0.3) is 0 Å². The molecule has 1 aliphatic rings. The van der Waals surface area contributed by atoms with Gasteiger partial charge in [-0.25, -0.2) is 8.42 Å². The molecule has 1 fully saturated rings. The topological polar surface area (TPSA) is 96.0 Å². The van der Waals surface area contributed by atoms with Crippen molar-refractivity contribution in [2.24, 2.45) is 0 Å². The first-order valence-electron chi connectivity index (χ1n) is 16.4. The SMILES string of the molecule is CC[C@H](C(=O)NC1CCCCC1)N(Cc1ccc(Cl)cc1)C(=O)CN(c1ccc(Oc2ccccc2)cc1)S(=O)(=O)c1ccc(C)cc1. The minimum atomic E-state index is -4.20. The van der Waals surface area contributed by atoms with Crippen molar-refractivity contribution in [3.05, 3.63) is 119 Å². The minimum absolute atomic E-state index is 0.0526. The molecule has 2 amide bonds. The van der Waals surface area contributed by atoms with Crippen LogP contribution in [0.4, 0.5) is 5.69 Å². The first-order chi connectivity index (χ1) is 23.1. The van der Waals surface area contributed by atoms with Crippen LogP contribution in [0.5, 0.6) is 11.5 Å². The van der Waals surface area contributed by atoms with E-state index in [0.717, 1.165) is 47.5 Å². The van der Waals surface area contributed by atoms with Crippen LogP contribution < -0.4 is 14.4 Å². The minimum Gasteiger partial charge on any atom is -0.457 e. The number of rotatable bonds is 13. The number of benzene rings is 4. The van der Waals surface area contributed by atoms with Gasteiger partial charge in [-0.15, -0.1) is 0 Å². The normalized spacial score (nSPS) is 14.1. The van der Waals surface area contributed by atoms with E-state index in [1.54, 1.807) is 60.7 Å². The second-order valence-electron chi connectivity index (χ2n) is 12.1. The lowest BCUT2D eigenvalue weighted by molar-refractivity contribution is -0.140. The summed E-state index contributed by atoms with van der Waals surface area (Å²) in [6, 6.07) is 28.7. The lowest BCUT2D eigenvalue weighted by Gasteiger charge is -2.34. The summed E-state index contributed by atoms with van der Waals surface area (Å²) < 4.78 is 35.5. The quantitative estimate of drug-likeness (QED) is 0.154. The number of halogens is 1. The van der Waals surface area contributed by atoms with E-state index in [4.69, 9.17) is 16.3 Å². The molecule has 10 heteroatoms. The Hall–Kier alpha value is -4.34. The van der Waals surface area contributed by atoms with Gasteiger partial charge < -0.3 is 15.0 Å². The van der Waals surface area contributed by atoms with Crippen molar-refractivity contribution in [3.63, 3.8) is 0 Å². The van der Waals surface area contributed by atoms with Gasteiger partial charge in [0.25, 0.3) is 10.0 Å². The van der Waals surface area contributed by atoms with E-state index in [0.29, 0.717) is 22.9 Å². The Balaban J connectivity index is 1.48. The molecule has 4 aromatic rings. The average Bonchev–Trinajstić information content (AvgIpc) is 3.09. The molecular weight excluding hydrogens is 646 g/mol. The fourth-order valence-corrected chi connectivity index (χ4v) is 7.46. The van der Waals surface area contributed by atoms with E-state index in [1.807, 2.05) is 44.2 Å². The highest BCUT2D eigenvalue weighted by Gasteiger charge is 2.34. The van der Waals surface area contributed by atoms with Crippen LogP contribution in [-0.2, 0) is 26.2 Å². The van der Waals surface area contributed by atoms with Crippen molar-refractivity contribution in [1.82, 2.24) is 10.2 Å². The zero-order valence-corrected chi connectivity index (χ0v) is 28.9. The van der Waals surface area contributed by atoms with Gasteiger partial charge in [-0.2, -0.15) is 0 Å². The molecule has 0 heterocycles. The number of sulfonamides is 1. The van der Waals surface area contributed by atoms with E-state index >= 15 is 0 Å². The zero-order chi connectivity index (χ0) is 34.1. The van der Waals surface area contributed by atoms with Gasteiger partial charge in [-0.1, -0.05) is 85.8 Å². The molecule has 252 valence electrons. The Labute approximate surface area is 288 Å². The van der Waals surface area contributed by atoms with Gasteiger partial charge in [0, 0.05) is 17.6 Å². The Kier molecular flexibility index (Phi) is 11.8. The molecule has 0 unspecified atom stereocenters. The first-order valence-corrected chi connectivity index (χ1v) is 18.2. The van der Waals surface area contributed by atoms with E-state index in [1.165, 1.54) is 17.0 Å². The summed E-state index contributed by atoms with van der Waals surface area (Å²) >= 11 is 6.14. The second kappa shape index (κ2) is 16.2. The molecule has 8 nitrogen and oxygen atoms in total. The van der Waals surface area contributed by atoms with E-state index in [2.05, 4.69) is 5.32 Å². The fraction of sp³-hybridized carbons (Fsp3) is 0.316. The van der Waals surface area contributed by atoms with Crippen LogP contribution in [0, 0.1) is 6.92 Å². The molecule has 48 heavy (non-hydrogen) atoms. The largest absolute Gasteiger partial charge is 0.457 e. The van der Waals surface area contributed by atoms with Gasteiger partial charge in [-0.05, 0) is 92.4 Å². The van der Waals surface area contributed by atoms with Gasteiger partial charge in [0.1, 0.15) is 24.1 Å². The zero-order valence-electron chi connectivity index (χ0n) is 27.3. The maximum atomic E-state index is 14.4. The van der Waals surface area contributed by atoms with Gasteiger partial charge >= 0.3 is 0 Å². The summed E-state index contributed by atoms with van der Waals surface area (Å²) in [5.41, 5.74) is 1.96. The molecule has 1 atom stereocenters. The van der Waals surface area contributed by atoms with E-state index in [-0.39, 0.29) is 29.1 Å². The van der Waals surface area contributed by atoms with Crippen LogP contribution in [0.15, 0.2) is 108 Å². The van der Waals surface area contributed by atoms with Crippen LogP contribution in [0.2, 0.25) is 5.02 Å². The number of anilines is 1. The molecule has 1 aliphatic carbocycles. The molecule has 0 aliphatic heterocycles. The number of hydrogen-bond donors (Lipinski definition) is 1. The molecule has 4 aromatic carbocycles. The molecule has 0 saturated heterocycles. The van der Waals surface area contributed by atoms with E-state index < -0.39 is 28.5 Å². The summed E-state index contributed by atoms with van der Waals surface area (Å²) in [4.78, 5) is 29.7. The summed E-state index contributed by atoms with van der Waals surface area (Å²) in [5, 5.41) is 3.72. The number of nitrogens with zero attached hydrogens (tertiary/aromatic N) is 2. The number of hydrogen-bond acceptors (Lipinski definition) is 5. The Morgan fingerprint density at radius 2 is 1.48 bits per heavy atom. The molecular formula is C38H42ClN3O5S. The first kappa shape index (κ1) is 35.0.